The maximum Gasteiger partial charge on any atom is 0.249 e. The van der Waals surface area contributed by atoms with E-state index in [0.29, 0.717) is 0 Å². The number of halogens is 2. The molecule has 1 heterocycles. The summed E-state index contributed by atoms with van der Waals surface area (Å²) >= 11 is 0. The average Bonchev–Trinajstić information content (AvgIpc) is 2.36. The first kappa shape index (κ1) is 14.4. The zero-order chi connectivity index (χ0) is 14.9. The van der Waals surface area contributed by atoms with Crippen molar-refractivity contribution in [3.8, 4) is 0 Å². The van der Waals surface area contributed by atoms with E-state index in [4.69, 9.17) is 0 Å². The molecular formula is C14H16F2N2O2. The summed E-state index contributed by atoms with van der Waals surface area (Å²) in [5.41, 5.74) is 0.220. The molecule has 4 nitrogen and oxygen atoms in total. The third kappa shape index (κ3) is 2.95. The molecule has 20 heavy (non-hydrogen) atoms. The van der Waals surface area contributed by atoms with Crippen LogP contribution in [0.2, 0.25) is 0 Å². The number of amides is 2. The highest BCUT2D eigenvalue weighted by molar-refractivity contribution is 6.01. The Bertz CT molecular complexity index is 558. The van der Waals surface area contributed by atoms with Gasteiger partial charge in [-0.05, 0) is 24.0 Å². The monoisotopic (exact) mass is 282 g/mol. The molecule has 108 valence electrons. The topological polar surface area (TPSA) is 58.2 Å². The van der Waals surface area contributed by atoms with E-state index in [1.54, 1.807) is 13.8 Å². The van der Waals surface area contributed by atoms with Gasteiger partial charge in [-0.1, -0.05) is 13.8 Å². The van der Waals surface area contributed by atoms with Crippen LogP contribution >= 0.6 is 0 Å². The van der Waals surface area contributed by atoms with Gasteiger partial charge in [0.15, 0.2) is 0 Å². The average molecular weight is 282 g/mol. The molecule has 2 rings (SSSR count). The smallest absolute Gasteiger partial charge is 0.249 e. The fourth-order valence-corrected chi connectivity index (χ4v) is 2.13. The maximum absolute atomic E-state index is 13.9. The van der Waals surface area contributed by atoms with Gasteiger partial charge >= 0.3 is 0 Å². The Morgan fingerprint density at radius 1 is 1.25 bits per heavy atom. The number of imide groups is 1. The second kappa shape index (κ2) is 5.56. The third-order valence-electron chi connectivity index (χ3n) is 3.28. The second-order valence-electron chi connectivity index (χ2n) is 5.16. The van der Waals surface area contributed by atoms with Crippen molar-refractivity contribution >= 4 is 17.5 Å². The molecule has 1 aromatic rings. The van der Waals surface area contributed by atoms with Crippen molar-refractivity contribution in [2.24, 2.45) is 0 Å². The van der Waals surface area contributed by atoms with Crippen molar-refractivity contribution in [1.82, 2.24) is 5.32 Å². The molecule has 0 bridgehead atoms. The maximum atomic E-state index is 13.9. The largest absolute Gasteiger partial charge is 0.371 e. The summed E-state index contributed by atoms with van der Waals surface area (Å²) in [5, 5.41) is 4.80. The third-order valence-corrected chi connectivity index (χ3v) is 3.28. The summed E-state index contributed by atoms with van der Waals surface area (Å²) in [5.74, 6) is -2.13. The normalized spacial score (nSPS) is 19.1. The van der Waals surface area contributed by atoms with E-state index in [0.717, 1.165) is 12.1 Å². The van der Waals surface area contributed by atoms with Crippen LogP contribution in [0.5, 0.6) is 0 Å². The van der Waals surface area contributed by atoms with E-state index in [2.05, 4.69) is 10.6 Å². The van der Waals surface area contributed by atoms with E-state index >= 15 is 0 Å². The van der Waals surface area contributed by atoms with Crippen molar-refractivity contribution in [2.45, 2.75) is 38.6 Å². The number of piperidine rings is 1. The minimum Gasteiger partial charge on any atom is -0.371 e. The summed E-state index contributed by atoms with van der Waals surface area (Å²) in [6, 6.07) is 1.45. The molecule has 1 atom stereocenters. The lowest BCUT2D eigenvalue weighted by Gasteiger charge is -2.23. The van der Waals surface area contributed by atoms with Crippen LogP contribution < -0.4 is 10.6 Å². The number of benzene rings is 1. The molecule has 0 radical (unpaired) electrons. The van der Waals surface area contributed by atoms with E-state index in [-0.39, 0.29) is 35.9 Å². The Kier molecular flexibility index (Phi) is 4.01. The van der Waals surface area contributed by atoms with Gasteiger partial charge in [0, 0.05) is 12.5 Å². The zero-order valence-corrected chi connectivity index (χ0v) is 11.3. The van der Waals surface area contributed by atoms with Crippen LogP contribution in [0.15, 0.2) is 12.1 Å². The van der Waals surface area contributed by atoms with Crippen molar-refractivity contribution in [2.75, 3.05) is 5.32 Å². The fourth-order valence-electron chi connectivity index (χ4n) is 2.13. The van der Waals surface area contributed by atoms with Crippen molar-refractivity contribution in [3.05, 3.63) is 29.3 Å². The Morgan fingerprint density at radius 3 is 2.55 bits per heavy atom. The Morgan fingerprint density at radius 2 is 1.95 bits per heavy atom. The Hall–Kier alpha value is -1.98. The SMILES string of the molecule is CC(C)c1cc(F)c(NC2CCC(=O)NC2=O)cc1F. The number of hydrogen-bond acceptors (Lipinski definition) is 3. The van der Waals surface area contributed by atoms with Crippen LogP contribution in [-0.4, -0.2) is 17.9 Å². The first-order chi connectivity index (χ1) is 9.38. The van der Waals surface area contributed by atoms with Gasteiger partial charge in [-0.15, -0.1) is 0 Å². The predicted octanol–water partition coefficient (Wildman–Crippen LogP) is 2.31. The molecule has 2 amide bonds. The van der Waals surface area contributed by atoms with Crippen LogP contribution in [-0.2, 0) is 9.59 Å². The van der Waals surface area contributed by atoms with Gasteiger partial charge in [-0.3, -0.25) is 14.9 Å². The highest BCUT2D eigenvalue weighted by Gasteiger charge is 2.27. The van der Waals surface area contributed by atoms with E-state index in [1.807, 2.05) is 0 Å². The van der Waals surface area contributed by atoms with Crippen LogP contribution in [0.3, 0.4) is 0 Å². The molecule has 1 aromatic carbocycles. The lowest BCUT2D eigenvalue weighted by atomic mass is 10.0. The summed E-state index contributed by atoms with van der Waals surface area (Å²) < 4.78 is 27.8. The van der Waals surface area contributed by atoms with Gasteiger partial charge in [0.2, 0.25) is 11.8 Å². The van der Waals surface area contributed by atoms with Gasteiger partial charge in [0.25, 0.3) is 0 Å². The lowest BCUT2D eigenvalue weighted by molar-refractivity contribution is -0.133. The highest BCUT2D eigenvalue weighted by atomic mass is 19.1. The second-order valence-corrected chi connectivity index (χ2v) is 5.16. The Labute approximate surface area is 115 Å². The van der Waals surface area contributed by atoms with E-state index in [9.17, 15) is 18.4 Å². The molecule has 1 unspecified atom stereocenters. The molecule has 1 fully saturated rings. The minimum atomic E-state index is -0.730. The molecule has 0 spiro atoms. The summed E-state index contributed by atoms with van der Waals surface area (Å²) in [6.07, 6.45) is 0.440. The first-order valence-corrected chi connectivity index (χ1v) is 6.47. The molecule has 0 saturated carbocycles. The van der Waals surface area contributed by atoms with E-state index < -0.39 is 23.6 Å². The van der Waals surface area contributed by atoms with Crippen LogP contribution in [0.1, 0.15) is 38.2 Å². The number of nitrogens with one attached hydrogen (secondary N) is 2. The molecule has 1 saturated heterocycles. The quantitative estimate of drug-likeness (QED) is 0.836. The number of anilines is 1. The first-order valence-electron chi connectivity index (χ1n) is 6.47. The molecule has 0 aliphatic carbocycles. The van der Waals surface area contributed by atoms with Gasteiger partial charge in [0.05, 0.1) is 5.69 Å². The number of hydrogen-bond donors (Lipinski definition) is 2. The molecule has 1 aliphatic heterocycles. The van der Waals surface area contributed by atoms with Crippen LogP contribution in [0.4, 0.5) is 14.5 Å². The highest BCUT2D eigenvalue weighted by Crippen LogP contribution is 2.26. The molecule has 0 aromatic heterocycles. The molecular weight excluding hydrogens is 266 g/mol. The zero-order valence-electron chi connectivity index (χ0n) is 11.3. The van der Waals surface area contributed by atoms with Gasteiger partial charge in [0.1, 0.15) is 17.7 Å². The van der Waals surface area contributed by atoms with Crippen molar-refractivity contribution in [3.63, 3.8) is 0 Å². The van der Waals surface area contributed by atoms with Crippen molar-refractivity contribution in [1.29, 1.82) is 0 Å². The standard InChI is InChI=1S/C14H16F2N2O2/c1-7(2)8-5-10(16)12(6-9(8)15)17-11-3-4-13(19)18-14(11)20/h5-7,11,17H,3-4H2,1-2H3,(H,18,19,20). The van der Waals surface area contributed by atoms with Gasteiger partial charge < -0.3 is 5.32 Å². The lowest BCUT2D eigenvalue weighted by Crippen LogP contribution is -2.47. The summed E-state index contributed by atoms with van der Waals surface area (Å²) in [6.45, 7) is 3.54. The number of carbonyl (C=O) groups is 2. The molecule has 2 N–H and O–H groups in total. The minimum absolute atomic E-state index is 0.0681. The summed E-state index contributed by atoms with van der Waals surface area (Å²) in [7, 11) is 0. The fraction of sp³-hybridized carbons (Fsp3) is 0.429. The Balaban J connectivity index is 2.20. The molecule has 6 heteroatoms. The summed E-state index contributed by atoms with van der Waals surface area (Å²) in [4.78, 5) is 22.6. The van der Waals surface area contributed by atoms with Gasteiger partial charge in [-0.25, -0.2) is 8.78 Å². The van der Waals surface area contributed by atoms with Crippen LogP contribution in [0, 0.1) is 11.6 Å². The van der Waals surface area contributed by atoms with Gasteiger partial charge in [-0.2, -0.15) is 0 Å². The van der Waals surface area contributed by atoms with Crippen molar-refractivity contribution < 1.29 is 18.4 Å². The molecule has 1 aliphatic rings. The van der Waals surface area contributed by atoms with Crippen LogP contribution in [0.25, 0.3) is 0 Å². The number of rotatable bonds is 3. The number of carbonyl (C=O) groups excluding carboxylic acids is 2. The predicted molar refractivity (Wildman–Crippen MR) is 70.2 cm³/mol. The van der Waals surface area contributed by atoms with E-state index in [1.165, 1.54) is 0 Å².